The number of Topliss-reactive ketones (excluding diaryl/α,β-unsaturated/α-hetero) is 1. The van der Waals surface area contributed by atoms with Crippen LogP contribution in [0.5, 0.6) is 0 Å². The van der Waals surface area contributed by atoms with Gasteiger partial charge in [0.25, 0.3) is 5.91 Å². The lowest BCUT2D eigenvalue weighted by molar-refractivity contribution is -0.117. The van der Waals surface area contributed by atoms with Gasteiger partial charge in [-0.05, 0) is 72.2 Å². The molecule has 6 rings (SSSR count). The summed E-state index contributed by atoms with van der Waals surface area (Å²) in [6, 6.07) is 24.1. The highest BCUT2D eigenvalue weighted by Crippen LogP contribution is 2.32. The number of thiophene rings is 1. The largest absolute Gasteiger partial charge is 0.326 e. The highest BCUT2D eigenvalue weighted by Gasteiger charge is 2.33. The van der Waals surface area contributed by atoms with Crippen molar-refractivity contribution in [1.29, 1.82) is 0 Å². The number of imidazole rings is 1. The van der Waals surface area contributed by atoms with Crippen LogP contribution in [0.25, 0.3) is 33.9 Å². The van der Waals surface area contributed by atoms with Crippen LogP contribution in [-0.4, -0.2) is 36.2 Å². The van der Waals surface area contributed by atoms with Gasteiger partial charge in [0.2, 0.25) is 0 Å². The summed E-state index contributed by atoms with van der Waals surface area (Å²) >= 11 is 14.1. The number of nitrogens with zero attached hydrogens (tertiary/aromatic N) is 3. The molecule has 5 aromatic rings. The Morgan fingerprint density at radius 3 is 2.39 bits per heavy atom. The van der Waals surface area contributed by atoms with Crippen LogP contribution in [-0.2, 0) is 21.5 Å². The predicted molar refractivity (Wildman–Crippen MR) is 176 cm³/mol. The van der Waals surface area contributed by atoms with Gasteiger partial charge in [0, 0.05) is 28.2 Å². The van der Waals surface area contributed by atoms with Crippen LogP contribution in [0, 0.1) is 0 Å². The van der Waals surface area contributed by atoms with Gasteiger partial charge in [0.1, 0.15) is 12.4 Å². The Labute approximate surface area is 268 Å². The summed E-state index contributed by atoms with van der Waals surface area (Å²) in [4.78, 5) is 29.9. The van der Waals surface area contributed by atoms with E-state index >= 15 is 0 Å². The maximum Gasteiger partial charge on any atom is 0.326 e. The molecule has 0 unspecified atom stereocenters. The van der Waals surface area contributed by atoms with Gasteiger partial charge in [-0.1, -0.05) is 65.7 Å². The van der Waals surface area contributed by atoms with Gasteiger partial charge in [0.15, 0.2) is 5.78 Å². The number of carbonyl (C=O) groups excluding carboxylic acids is 2. The van der Waals surface area contributed by atoms with Crippen molar-refractivity contribution in [3.63, 3.8) is 0 Å². The van der Waals surface area contributed by atoms with Crippen LogP contribution in [0.2, 0.25) is 10.0 Å². The van der Waals surface area contributed by atoms with Gasteiger partial charge in [-0.15, -0.1) is 11.3 Å². The van der Waals surface area contributed by atoms with E-state index in [1.807, 2.05) is 82.2 Å². The summed E-state index contributed by atoms with van der Waals surface area (Å²) in [5.41, 5.74) is 4.71. The molecule has 0 bridgehead atoms. The fourth-order valence-electron chi connectivity index (χ4n) is 4.77. The summed E-state index contributed by atoms with van der Waals surface area (Å²) in [5, 5.41) is 1.01. The van der Waals surface area contributed by atoms with Gasteiger partial charge >= 0.3 is 10.2 Å². The zero-order valence-corrected chi connectivity index (χ0v) is 26.3. The standard InChI is InChI=1S/C32H24Cl2N4O4S2/c1-20(39)29-13-14-30(43-29)23-7-2-21(3-8-23)6-15-31-35-28(26-12-9-24(33)16-27(26)34)18-37(31)17-22-4-10-25(11-5-22)38-19-32(40)36-44(38,41)42/h2-16,18H,17,19H2,1H3,(H,36,40)/b15-6+. The number of carbonyl (C=O) groups is 2. The van der Waals surface area contributed by atoms with E-state index in [2.05, 4.69) is 0 Å². The lowest BCUT2D eigenvalue weighted by Gasteiger charge is -2.15. The van der Waals surface area contributed by atoms with E-state index in [1.165, 1.54) is 11.3 Å². The number of anilines is 1. The van der Waals surface area contributed by atoms with Crippen molar-refractivity contribution in [1.82, 2.24) is 14.3 Å². The summed E-state index contributed by atoms with van der Waals surface area (Å²) in [5.74, 6) is 0.167. The first-order chi connectivity index (χ1) is 21.1. The van der Waals surface area contributed by atoms with Gasteiger partial charge in [-0.3, -0.25) is 9.59 Å². The number of hydrogen-bond acceptors (Lipinski definition) is 6. The third kappa shape index (κ3) is 6.34. The topological polar surface area (TPSA) is 101 Å². The molecule has 0 atom stereocenters. The molecule has 12 heteroatoms. The molecule has 44 heavy (non-hydrogen) atoms. The molecule has 2 aromatic heterocycles. The molecule has 0 saturated carbocycles. The smallest absolute Gasteiger partial charge is 0.326 e. The summed E-state index contributed by atoms with van der Waals surface area (Å²) in [6.07, 6.45) is 5.79. The van der Waals surface area contributed by atoms with Crippen molar-refractivity contribution in [3.05, 3.63) is 117 Å². The normalized spacial score (nSPS) is 14.3. The van der Waals surface area contributed by atoms with E-state index in [1.54, 1.807) is 31.2 Å². The molecule has 222 valence electrons. The highest BCUT2D eigenvalue weighted by molar-refractivity contribution is 7.92. The van der Waals surface area contributed by atoms with E-state index in [-0.39, 0.29) is 12.3 Å². The molecule has 1 aliphatic heterocycles. The van der Waals surface area contributed by atoms with Crippen molar-refractivity contribution in [2.24, 2.45) is 0 Å². The maximum atomic E-state index is 12.2. The lowest BCUT2D eigenvalue weighted by Crippen LogP contribution is -2.29. The molecule has 0 spiro atoms. The number of halogens is 2. The third-order valence-corrected chi connectivity index (χ3v) is 10.2. The molecule has 8 nitrogen and oxygen atoms in total. The average molecular weight is 664 g/mol. The monoisotopic (exact) mass is 662 g/mol. The number of aromatic nitrogens is 2. The van der Waals surface area contributed by atoms with Crippen LogP contribution in [0.3, 0.4) is 0 Å². The first kappa shape index (κ1) is 29.8. The number of amides is 1. The van der Waals surface area contributed by atoms with E-state index in [9.17, 15) is 18.0 Å². The Kier molecular flexibility index (Phi) is 8.17. The highest BCUT2D eigenvalue weighted by atomic mass is 35.5. The number of hydrogen-bond donors (Lipinski definition) is 1. The van der Waals surface area contributed by atoms with E-state index < -0.39 is 16.1 Å². The molecule has 1 saturated heterocycles. The average Bonchev–Trinajstić information content (AvgIpc) is 3.70. The SMILES string of the molecule is CC(=O)c1ccc(-c2ccc(/C=C/c3nc(-c4ccc(Cl)cc4Cl)cn3Cc3ccc(N4CC(=O)NS4(=O)=O)cc3)cc2)s1. The molecule has 3 heterocycles. The number of nitrogens with one attached hydrogen (secondary N) is 1. The Morgan fingerprint density at radius 2 is 1.75 bits per heavy atom. The zero-order chi connectivity index (χ0) is 31.0. The van der Waals surface area contributed by atoms with Gasteiger partial charge in [0.05, 0.1) is 21.3 Å². The van der Waals surface area contributed by atoms with Crippen LogP contribution >= 0.6 is 34.5 Å². The van der Waals surface area contributed by atoms with Crippen molar-refractivity contribution in [2.75, 3.05) is 10.8 Å². The fourth-order valence-corrected chi connectivity index (χ4v) is 7.33. The molecule has 0 aliphatic carbocycles. The third-order valence-electron chi connectivity index (χ3n) is 6.98. The Morgan fingerprint density at radius 1 is 1.00 bits per heavy atom. The maximum absolute atomic E-state index is 12.2. The van der Waals surface area contributed by atoms with E-state index in [0.29, 0.717) is 33.8 Å². The van der Waals surface area contributed by atoms with E-state index in [4.69, 9.17) is 28.2 Å². The molecule has 0 radical (unpaired) electrons. The molecule has 1 N–H and O–H groups in total. The second-order valence-electron chi connectivity index (χ2n) is 10.1. The van der Waals surface area contributed by atoms with Gasteiger partial charge in [-0.2, -0.15) is 8.42 Å². The van der Waals surface area contributed by atoms with Crippen LogP contribution in [0.1, 0.15) is 33.5 Å². The Balaban J connectivity index is 1.28. The minimum atomic E-state index is -3.88. The quantitative estimate of drug-likeness (QED) is 0.177. The fraction of sp³-hybridized carbons (Fsp3) is 0.0938. The Bertz CT molecular complexity index is 2030. The second-order valence-corrected chi connectivity index (χ2v) is 13.6. The van der Waals surface area contributed by atoms with Crippen molar-refractivity contribution >= 4 is 74.3 Å². The minimum absolute atomic E-state index is 0.0554. The first-order valence-corrected chi connectivity index (χ1v) is 16.4. The van der Waals surface area contributed by atoms with Crippen LogP contribution in [0.15, 0.2) is 85.1 Å². The molecule has 1 amide bonds. The molecular weight excluding hydrogens is 639 g/mol. The minimum Gasteiger partial charge on any atom is -0.326 e. The first-order valence-electron chi connectivity index (χ1n) is 13.4. The second kappa shape index (κ2) is 12.0. The molecular formula is C32H24Cl2N4O4S2. The van der Waals surface area contributed by atoms with Crippen molar-refractivity contribution in [2.45, 2.75) is 13.5 Å². The lowest BCUT2D eigenvalue weighted by atomic mass is 10.1. The molecule has 1 fully saturated rings. The van der Waals surface area contributed by atoms with E-state index in [0.717, 1.165) is 36.3 Å². The predicted octanol–water partition coefficient (Wildman–Crippen LogP) is 7.19. The van der Waals surface area contributed by atoms with Gasteiger partial charge in [-0.25, -0.2) is 14.0 Å². The van der Waals surface area contributed by atoms with Gasteiger partial charge < -0.3 is 4.57 Å². The zero-order valence-electron chi connectivity index (χ0n) is 23.2. The molecule has 3 aromatic carbocycles. The van der Waals surface area contributed by atoms with Crippen molar-refractivity contribution in [3.8, 4) is 21.7 Å². The molecule has 1 aliphatic rings. The number of benzene rings is 3. The summed E-state index contributed by atoms with van der Waals surface area (Å²) < 4.78 is 29.5. The van der Waals surface area contributed by atoms with Crippen LogP contribution in [0.4, 0.5) is 5.69 Å². The van der Waals surface area contributed by atoms with Crippen LogP contribution < -0.4 is 9.03 Å². The summed E-state index contributed by atoms with van der Waals surface area (Å²) in [6.45, 7) is 1.76. The van der Waals surface area contributed by atoms with Crippen molar-refractivity contribution < 1.29 is 18.0 Å². The number of rotatable bonds is 8. The summed E-state index contributed by atoms with van der Waals surface area (Å²) in [7, 11) is -3.88. The number of ketones is 1. The Hall–Kier alpha value is -4.22.